The van der Waals surface area contributed by atoms with Gasteiger partial charge in [-0.25, -0.2) is 0 Å². The number of carbonyl (C=O) groups is 3. The van der Waals surface area contributed by atoms with Crippen molar-refractivity contribution in [3.8, 4) is 5.75 Å². The molecule has 236 valence electrons. The lowest BCUT2D eigenvalue weighted by molar-refractivity contribution is -0.116. The Kier molecular flexibility index (Phi) is 11.5. The molecule has 1 atom stereocenters. The maximum Gasteiger partial charge on any atom is 0.272 e. The van der Waals surface area contributed by atoms with Crippen molar-refractivity contribution < 1.29 is 19.1 Å². The van der Waals surface area contributed by atoms with Crippen molar-refractivity contribution in [3.63, 3.8) is 0 Å². The molecule has 0 radical (unpaired) electrons. The van der Waals surface area contributed by atoms with E-state index < -0.39 is 17.1 Å². The summed E-state index contributed by atoms with van der Waals surface area (Å²) in [6, 6.07) is 39.6. The number of nitrogens with one attached hydrogen (secondary N) is 3. The summed E-state index contributed by atoms with van der Waals surface area (Å²) in [6.45, 7) is 2.32. The highest BCUT2D eigenvalue weighted by Crippen LogP contribution is 2.37. The number of hydrogen-bond donors (Lipinski definition) is 3. The van der Waals surface area contributed by atoms with E-state index in [2.05, 4.69) is 16.0 Å². The van der Waals surface area contributed by atoms with E-state index in [1.165, 1.54) is 11.8 Å². The molecular formula is C38H32ClN3O4S. The van der Waals surface area contributed by atoms with Gasteiger partial charge in [0.05, 0.1) is 6.61 Å². The minimum Gasteiger partial charge on any atom is -0.493 e. The average molecular weight is 662 g/mol. The zero-order valence-electron chi connectivity index (χ0n) is 25.5. The summed E-state index contributed by atoms with van der Waals surface area (Å²) in [5.74, 6) is -0.525. The Labute approximate surface area is 283 Å². The molecule has 0 saturated carbocycles. The molecule has 0 fully saturated rings. The van der Waals surface area contributed by atoms with E-state index in [-0.39, 0.29) is 11.6 Å². The second-order valence-corrected chi connectivity index (χ2v) is 11.8. The zero-order valence-corrected chi connectivity index (χ0v) is 27.1. The molecule has 5 aromatic rings. The highest BCUT2D eigenvalue weighted by Gasteiger charge is 2.23. The second-order valence-electron chi connectivity index (χ2n) is 10.2. The maximum atomic E-state index is 13.6. The van der Waals surface area contributed by atoms with Gasteiger partial charge in [-0.1, -0.05) is 78.3 Å². The monoisotopic (exact) mass is 661 g/mol. The molecule has 5 aromatic carbocycles. The van der Waals surface area contributed by atoms with E-state index in [0.717, 1.165) is 10.5 Å². The Morgan fingerprint density at radius 1 is 0.745 bits per heavy atom. The van der Waals surface area contributed by atoms with Gasteiger partial charge in [-0.3, -0.25) is 14.4 Å². The van der Waals surface area contributed by atoms with Gasteiger partial charge in [0.15, 0.2) is 0 Å². The number of amides is 3. The highest BCUT2D eigenvalue weighted by molar-refractivity contribution is 8.00. The fourth-order valence-corrected chi connectivity index (χ4v) is 5.73. The molecule has 3 N–H and O–H groups in total. The van der Waals surface area contributed by atoms with Gasteiger partial charge in [-0.05, 0) is 85.3 Å². The van der Waals surface area contributed by atoms with Crippen LogP contribution < -0.4 is 20.7 Å². The summed E-state index contributed by atoms with van der Waals surface area (Å²) >= 11 is 7.39. The van der Waals surface area contributed by atoms with Gasteiger partial charge in [-0.15, -0.1) is 11.8 Å². The smallest absolute Gasteiger partial charge is 0.272 e. The first-order valence-corrected chi connectivity index (χ1v) is 16.1. The van der Waals surface area contributed by atoms with Crippen molar-refractivity contribution in [2.24, 2.45) is 0 Å². The molecule has 3 amide bonds. The van der Waals surface area contributed by atoms with E-state index in [0.29, 0.717) is 39.9 Å². The third kappa shape index (κ3) is 9.36. The molecule has 0 heterocycles. The molecule has 0 aliphatic heterocycles. The van der Waals surface area contributed by atoms with Crippen LogP contribution in [0.1, 0.15) is 33.7 Å². The quantitative estimate of drug-likeness (QED) is 0.0919. The lowest BCUT2D eigenvalue weighted by Crippen LogP contribution is -2.30. The van der Waals surface area contributed by atoms with Crippen LogP contribution in [0.25, 0.3) is 6.08 Å². The standard InChI is InChI=1S/C38H32ClN3O4S/c1-2-46-34-16-10-9-15-28(34)25-33(42-36(43)27-13-7-4-8-14-27)37(44)40-31-21-23-32(24-22-31)47-35(26-11-5-3-6-12-26)38(45)41-30-19-17-29(39)18-20-30/h3-25,35H,2H2,1H3,(H,40,44)(H,41,45)(H,42,43)/b33-25-. The van der Waals surface area contributed by atoms with Crippen molar-refractivity contribution in [2.45, 2.75) is 17.1 Å². The Bertz CT molecular complexity index is 1850. The van der Waals surface area contributed by atoms with Crippen LogP contribution in [0.15, 0.2) is 144 Å². The number of carbonyl (C=O) groups excluding carboxylic acids is 3. The summed E-state index contributed by atoms with van der Waals surface area (Å²) in [4.78, 5) is 40.9. The van der Waals surface area contributed by atoms with Gasteiger partial charge in [0.1, 0.15) is 16.7 Å². The third-order valence-electron chi connectivity index (χ3n) is 6.87. The van der Waals surface area contributed by atoms with Gasteiger partial charge in [0, 0.05) is 32.4 Å². The normalized spacial score (nSPS) is 11.7. The molecule has 0 spiro atoms. The first kappa shape index (κ1) is 33.1. The second kappa shape index (κ2) is 16.3. The highest BCUT2D eigenvalue weighted by atomic mass is 35.5. The van der Waals surface area contributed by atoms with Crippen LogP contribution in [-0.4, -0.2) is 24.3 Å². The van der Waals surface area contributed by atoms with Crippen LogP contribution in [-0.2, 0) is 9.59 Å². The molecule has 5 rings (SSSR count). The van der Waals surface area contributed by atoms with Crippen LogP contribution >= 0.6 is 23.4 Å². The molecule has 47 heavy (non-hydrogen) atoms. The predicted octanol–water partition coefficient (Wildman–Crippen LogP) is 8.62. The maximum absolute atomic E-state index is 13.6. The molecular weight excluding hydrogens is 630 g/mol. The largest absolute Gasteiger partial charge is 0.493 e. The van der Waals surface area contributed by atoms with E-state index in [1.54, 1.807) is 72.8 Å². The number of hydrogen-bond acceptors (Lipinski definition) is 5. The van der Waals surface area contributed by atoms with Crippen LogP contribution in [0, 0.1) is 0 Å². The molecule has 9 heteroatoms. The summed E-state index contributed by atoms with van der Waals surface area (Å²) in [5, 5.41) is 8.66. The lowest BCUT2D eigenvalue weighted by atomic mass is 10.1. The minimum atomic E-state index is -0.541. The SMILES string of the molecule is CCOc1ccccc1/C=C(\NC(=O)c1ccccc1)C(=O)Nc1ccc(SC(C(=O)Nc2ccc(Cl)cc2)c2ccccc2)cc1. The van der Waals surface area contributed by atoms with Gasteiger partial charge in [-0.2, -0.15) is 0 Å². The number of rotatable bonds is 12. The number of ether oxygens (including phenoxy) is 1. The Balaban J connectivity index is 1.34. The Hall–Kier alpha value is -5.31. The average Bonchev–Trinajstić information content (AvgIpc) is 3.10. The van der Waals surface area contributed by atoms with Gasteiger partial charge in [0.25, 0.3) is 11.8 Å². The number of anilines is 2. The topological polar surface area (TPSA) is 96.5 Å². The van der Waals surface area contributed by atoms with Crippen molar-refractivity contribution >= 4 is 58.5 Å². The Morgan fingerprint density at radius 3 is 2.02 bits per heavy atom. The van der Waals surface area contributed by atoms with E-state index in [9.17, 15) is 14.4 Å². The molecule has 1 unspecified atom stereocenters. The Morgan fingerprint density at radius 2 is 1.34 bits per heavy atom. The summed E-state index contributed by atoms with van der Waals surface area (Å²) in [5.41, 5.74) is 3.11. The first-order valence-electron chi connectivity index (χ1n) is 14.9. The van der Waals surface area contributed by atoms with E-state index in [4.69, 9.17) is 16.3 Å². The van der Waals surface area contributed by atoms with Gasteiger partial charge >= 0.3 is 0 Å². The molecule has 0 aliphatic rings. The molecule has 0 aliphatic carbocycles. The van der Waals surface area contributed by atoms with Crippen molar-refractivity contribution in [3.05, 3.63) is 161 Å². The van der Waals surface area contributed by atoms with Crippen LogP contribution in [0.4, 0.5) is 11.4 Å². The summed E-state index contributed by atoms with van der Waals surface area (Å²) in [7, 11) is 0. The van der Waals surface area contributed by atoms with Crippen molar-refractivity contribution in [1.29, 1.82) is 0 Å². The summed E-state index contributed by atoms with van der Waals surface area (Å²) in [6.07, 6.45) is 1.59. The number of halogens is 1. The van der Waals surface area contributed by atoms with Gasteiger partial charge in [0.2, 0.25) is 5.91 Å². The third-order valence-corrected chi connectivity index (χ3v) is 8.38. The van der Waals surface area contributed by atoms with Crippen LogP contribution in [0.5, 0.6) is 5.75 Å². The minimum absolute atomic E-state index is 0.0486. The fraction of sp³-hybridized carbons (Fsp3) is 0.0789. The first-order chi connectivity index (χ1) is 22.9. The van der Waals surface area contributed by atoms with Crippen molar-refractivity contribution in [2.75, 3.05) is 17.2 Å². The number of benzene rings is 5. The molecule has 0 aromatic heterocycles. The van der Waals surface area contributed by atoms with Crippen LogP contribution in [0.3, 0.4) is 0 Å². The lowest BCUT2D eigenvalue weighted by Gasteiger charge is -2.17. The van der Waals surface area contributed by atoms with Crippen molar-refractivity contribution in [1.82, 2.24) is 5.32 Å². The number of para-hydroxylation sites is 1. The molecule has 0 bridgehead atoms. The van der Waals surface area contributed by atoms with E-state index in [1.807, 2.05) is 73.7 Å². The molecule has 0 saturated heterocycles. The fourth-order valence-electron chi connectivity index (χ4n) is 4.58. The summed E-state index contributed by atoms with van der Waals surface area (Å²) < 4.78 is 5.73. The van der Waals surface area contributed by atoms with Gasteiger partial charge < -0.3 is 20.7 Å². The van der Waals surface area contributed by atoms with E-state index >= 15 is 0 Å². The van der Waals surface area contributed by atoms with Crippen LogP contribution in [0.2, 0.25) is 5.02 Å². The molecule has 7 nitrogen and oxygen atoms in total. The zero-order chi connectivity index (χ0) is 33.0. The number of thioether (sulfide) groups is 1. The predicted molar refractivity (Wildman–Crippen MR) is 190 cm³/mol.